The van der Waals surface area contributed by atoms with Crippen molar-refractivity contribution in [3.8, 4) is 0 Å². The number of hydrogen-bond acceptors (Lipinski definition) is 2. The molecule has 1 amide bonds. The molecule has 0 spiro atoms. The smallest absolute Gasteiger partial charge is 0.267 e. The Hall–Kier alpha value is -1.09. The SMILES string of the molecule is O=C1N=Cc2cc(S)ccc21. The van der Waals surface area contributed by atoms with Gasteiger partial charge >= 0.3 is 0 Å². The summed E-state index contributed by atoms with van der Waals surface area (Å²) in [6, 6.07) is 5.36. The first-order chi connectivity index (χ1) is 5.27. The number of nitrogens with zero attached hydrogens (tertiary/aromatic N) is 1. The van der Waals surface area contributed by atoms with Crippen LogP contribution in [0.1, 0.15) is 15.9 Å². The van der Waals surface area contributed by atoms with E-state index in [0.717, 1.165) is 10.5 Å². The van der Waals surface area contributed by atoms with Gasteiger partial charge in [-0.25, -0.2) is 4.99 Å². The number of hydrogen-bond donors (Lipinski definition) is 1. The van der Waals surface area contributed by atoms with Gasteiger partial charge in [0.1, 0.15) is 0 Å². The molecule has 0 N–H and O–H groups in total. The molecule has 11 heavy (non-hydrogen) atoms. The monoisotopic (exact) mass is 163 g/mol. The molecule has 2 rings (SSSR count). The lowest BCUT2D eigenvalue weighted by molar-refractivity contribution is 0.101. The van der Waals surface area contributed by atoms with Crippen molar-refractivity contribution >= 4 is 24.8 Å². The molecular weight excluding hydrogens is 158 g/mol. The Morgan fingerprint density at radius 1 is 1.36 bits per heavy atom. The summed E-state index contributed by atoms with van der Waals surface area (Å²) in [5.41, 5.74) is 1.53. The maximum atomic E-state index is 11.0. The Morgan fingerprint density at radius 2 is 2.18 bits per heavy atom. The van der Waals surface area contributed by atoms with Crippen LogP contribution in [0.3, 0.4) is 0 Å². The van der Waals surface area contributed by atoms with E-state index in [1.54, 1.807) is 18.3 Å². The van der Waals surface area contributed by atoms with Crippen LogP contribution in [0.25, 0.3) is 0 Å². The first-order valence-electron chi connectivity index (χ1n) is 3.19. The highest BCUT2D eigenvalue weighted by Crippen LogP contribution is 2.17. The predicted molar refractivity (Wildman–Crippen MR) is 45.6 cm³/mol. The molecule has 3 heteroatoms. The molecule has 2 nitrogen and oxygen atoms in total. The number of thiol groups is 1. The summed E-state index contributed by atoms with van der Waals surface area (Å²) in [5, 5.41) is 0. The molecule has 1 aliphatic rings. The highest BCUT2D eigenvalue weighted by Gasteiger charge is 2.13. The van der Waals surface area contributed by atoms with Gasteiger partial charge in [0.05, 0.1) is 5.56 Å². The van der Waals surface area contributed by atoms with Crippen LogP contribution in [0.15, 0.2) is 28.1 Å². The Labute approximate surface area is 69.4 Å². The van der Waals surface area contributed by atoms with Crippen LogP contribution in [0.2, 0.25) is 0 Å². The molecule has 0 aliphatic carbocycles. The molecule has 1 aliphatic heterocycles. The molecule has 1 aromatic rings. The highest BCUT2D eigenvalue weighted by atomic mass is 32.1. The van der Waals surface area contributed by atoms with Gasteiger partial charge in [-0.1, -0.05) is 0 Å². The highest BCUT2D eigenvalue weighted by molar-refractivity contribution is 7.80. The normalized spacial score (nSPS) is 13.7. The van der Waals surface area contributed by atoms with Crippen LogP contribution in [0.5, 0.6) is 0 Å². The topological polar surface area (TPSA) is 29.4 Å². The van der Waals surface area contributed by atoms with Crippen molar-refractivity contribution in [3.63, 3.8) is 0 Å². The van der Waals surface area contributed by atoms with E-state index in [9.17, 15) is 4.79 Å². The molecule has 0 saturated heterocycles. The molecule has 0 bridgehead atoms. The first kappa shape index (κ1) is 6.61. The largest absolute Gasteiger partial charge is 0.277 e. The standard InChI is InChI=1S/C8H5NOS/c10-8-7-2-1-6(11)3-5(7)4-9-8/h1-4,11H. The minimum Gasteiger partial charge on any atom is -0.267 e. The van der Waals surface area contributed by atoms with Crippen molar-refractivity contribution in [1.82, 2.24) is 0 Å². The van der Waals surface area contributed by atoms with Crippen LogP contribution < -0.4 is 0 Å². The molecule has 0 saturated carbocycles. The third-order valence-corrected chi connectivity index (χ3v) is 1.86. The molecule has 0 aromatic heterocycles. The van der Waals surface area contributed by atoms with Gasteiger partial charge in [-0.15, -0.1) is 12.6 Å². The fraction of sp³-hybridized carbons (Fsp3) is 0. The van der Waals surface area contributed by atoms with Gasteiger partial charge < -0.3 is 0 Å². The second kappa shape index (κ2) is 2.20. The minimum absolute atomic E-state index is 0.159. The summed E-state index contributed by atoms with van der Waals surface area (Å²) in [6.45, 7) is 0. The maximum Gasteiger partial charge on any atom is 0.277 e. The molecule has 1 heterocycles. The predicted octanol–water partition coefficient (Wildman–Crippen LogP) is 1.55. The maximum absolute atomic E-state index is 11.0. The number of carbonyl (C=O) groups is 1. The van der Waals surface area contributed by atoms with E-state index >= 15 is 0 Å². The summed E-state index contributed by atoms with van der Waals surface area (Å²) < 4.78 is 0. The molecule has 0 unspecified atom stereocenters. The van der Waals surface area contributed by atoms with Crippen molar-refractivity contribution in [2.45, 2.75) is 4.90 Å². The summed E-state index contributed by atoms with van der Waals surface area (Å²) in [7, 11) is 0. The summed E-state index contributed by atoms with van der Waals surface area (Å²) in [5.74, 6) is -0.159. The van der Waals surface area contributed by atoms with Crippen LogP contribution in [0, 0.1) is 0 Å². The van der Waals surface area contributed by atoms with Gasteiger partial charge in [-0.3, -0.25) is 4.79 Å². The Balaban J connectivity index is 2.66. The van der Waals surface area contributed by atoms with E-state index in [4.69, 9.17) is 0 Å². The summed E-state index contributed by atoms with van der Waals surface area (Å²) in [4.78, 5) is 15.5. The molecule has 0 atom stereocenters. The zero-order valence-corrected chi connectivity index (χ0v) is 6.51. The Kier molecular flexibility index (Phi) is 1.32. The van der Waals surface area contributed by atoms with Gasteiger partial charge in [0.2, 0.25) is 0 Å². The van der Waals surface area contributed by atoms with Crippen molar-refractivity contribution in [1.29, 1.82) is 0 Å². The van der Waals surface area contributed by atoms with Crippen molar-refractivity contribution in [3.05, 3.63) is 29.3 Å². The number of rotatable bonds is 0. The first-order valence-corrected chi connectivity index (χ1v) is 3.63. The van der Waals surface area contributed by atoms with E-state index in [1.165, 1.54) is 0 Å². The number of amides is 1. The number of aliphatic imine (C=N–C) groups is 1. The Bertz CT molecular complexity index is 357. The van der Waals surface area contributed by atoms with Gasteiger partial charge in [-0.2, -0.15) is 0 Å². The number of carbonyl (C=O) groups excluding carboxylic acids is 1. The van der Waals surface area contributed by atoms with E-state index in [0.29, 0.717) is 5.56 Å². The van der Waals surface area contributed by atoms with Gasteiger partial charge in [0.25, 0.3) is 5.91 Å². The second-order valence-electron chi connectivity index (χ2n) is 2.33. The van der Waals surface area contributed by atoms with Crippen LogP contribution in [-0.2, 0) is 0 Å². The van der Waals surface area contributed by atoms with Gasteiger partial charge in [0, 0.05) is 16.7 Å². The molecule has 1 aromatic carbocycles. The average molecular weight is 163 g/mol. The fourth-order valence-corrected chi connectivity index (χ4v) is 1.26. The minimum atomic E-state index is -0.159. The average Bonchev–Trinajstić information content (AvgIpc) is 2.32. The lowest BCUT2D eigenvalue weighted by Crippen LogP contribution is -1.90. The molecule has 54 valence electrons. The zero-order chi connectivity index (χ0) is 7.84. The lowest BCUT2D eigenvalue weighted by Gasteiger charge is -1.94. The molecular formula is C8H5NOS. The van der Waals surface area contributed by atoms with Gasteiger partial charge in [-0.05, 0) is 18.2 Å². The van der Waals surface area contributed by atoms with Crippen molar-refractivity contribution in [2.75, 3.05) is 0 Å². The van der Waals surface area contributed by atoms with Gasteiger partial charge in [0.15, 0.2) is 0 Å². The number of fused-ring (bicyclic) bond motifs is 1. The van der Waals surface area contributed by atoms with E-state index in [1.807, 2.05) is 6.07 Å². The second-order valence-corrected chi connectivity index (χ2v) is 2.85. The molecule has 0 fully saturated rings. The fourth-order valence-electron chi connectivity index (χ4n) is 1.05. The zero-order valence-electron chi connectivity index (χ0n) is 5.61. The number of benzene rings is 1. The van der Waals surface area contributed by atoms with E-state index < -0.39 is 0 Å². The molecule has 0 radical (unpaired) electrons. The van der Waals surface area contributed by atoms with E-state index in [2.05, 4.69) is 17.6 Å². The quantitative estimate of drug-likeness (QED) is 0.578. The third-order valence-electron chi connectivity index (χ3n) is 1.59. The summed E-state index contributed by atoms with van der Waals surface area (Å²) >= 11 is 4.14. The summed E-state index contributed by atoms with van der Waals surface area (Å²) in [6.07, 6.45) is 1.57. The van der Waals surface area contributed by atoms with Crippen molar-refractivity contribution in [2.24, 2.45) is 4.99 Å². The van der Waals surface area contributed by atoms with Crippen molar-refractivity contribution < 1.29 is 4.79 Å². The van der Waals surface area contributed by atoms with Crippen LogP contribution >= 0.6 is 12.6 Å². The van der Waals surface area contributed by atoms with Crippen LogP contribution in [0.4, 0.5) is 0 Å². The van der Waals surface area contributed by atoms with Crippen LogP contribution in [-0.4, -0.2) is 12.1 Å². The Morgan fingerprint density at radius 3 is 3.00 bits per heavy atom. The van der Waals surface area contributed by atoms with E-state index in [-0.39, 0.29) is 5.91 Å². The lowest BCUT2D eigenvalue weighted by atomic mass is 10.1. The third kappa shape index (κ3) is 0.973.